The number of thiazole rings is 1. The molecule has 3 aromatic carbocycles. The van der Waals surface area contributed by atoms with Crippen LogP contribution in [-0.4, -0.2) is 15.9 Å². The maximum atomic E-state index is 13.6. The zero-order chi connectivity index (χ0) is 26.3. The number of carbonyl (C=O) groups excluding carboxylic acids is 1. The molecule has 37 heavy (non-hydrogen) atoms. The van der Waals surface area contributed by atoms with E-state index in [-0.39, 0.29) is 11.3 Å². The van der Waals surface area contributed by atoms with Crippen LogP contribution in [0.5, 0.6) is 0 Å². The number of fused-ring (bicyclic) bond motifs is 1. The van der Waals surface area contributed by atoms with Gasteiger partial charge in [0.2, 0.25) is 0 Å². The standard InChI is InChI=1S/C32H31N3OS/c1-19-11-12-20(2)25(17-19)29-21(3)37-31(34-29)35-30(36)26-18-28(33-27-10-8-7-9-24(26)27)22-13-15-23(16-14-22)32(4,5)6/h7-18H,1-6H3,(H,34,35,36). The van der Waals surface area contributed by atoms with Crippen LogP contribution in [0.4, 0.5) is 5.13 Å². The zero-order valence-corrected chi connectivity index (χ0v) is 23.0. The van der Waals surface area contributed by atoms with E-state index in [1.54, 1.807) is 0 Å². The van der Waals surface area contributed by atoms with Crippen LogP contribution in [0.25, 0.3) is 33.4 Å². The Hall–Kier alpha value is -3.83. The van der Waals surface area contributed by atoms with Crippen molar-refractivity contribution in [1.29, 1.82) is 0 Å². The Morgan fingerprint density at radius 2 is 1.59 bits per heavy atom. The molecule has 0 atom stereocenters. The molecule has 2 heterocycles. The predicted octanol–water partition coefficient (Wildman–Crippen LogP) is 8.50. The first kappa shape index (κ1) is 24.8. The van der Waals surface area contributed by atoms with Crippen LogP contribution >= 0.6 is 11.3 Å². The van der Waals surface area contributed by atoms with Crippen molar-refractivity contribution in [2.24, 2.45) is 0 Å². The number of para-hydroxylation sites is 1. The van der Waals surface area contributed by atoms with Crippen LogP contribution in [0, 0.1) is 20.8 Å². The van der Waals surface area contributed by atoms with E-state index in [1.165, 1.54) is 28.0 Å². The fourth-order valence-corrected chi connectivity index (χ4v) is 5.33. The topological polar surface area (TPSA) is 54.9 Å². The normalized spacial score (nSPS) is 11.6. The lowest BCUT2D eigenvalue weighted by Gasteiger charge is -2.19. The van der Waals surface area contributed by atoms with Gasteiger partial charge in [-0.1, -0.05) is 80.9 Å². The molecule has 0 aliphatic carbocycles. The van der Waals surface area contributed by atoms with E-state index >= 15 is 0 Å². The molecule has 0 radical (unpaired) electrons. The van der Waals surface area contributed by atoms with Gasteiger partial charge in [0.1, 0.15) is 0 Å². The van der Waals surface area contributed by atoms with Crippen LogP contribution in [0.3, 0.4) is 0 Å². The maximum Gasteiger partial charge on any atom is 0.258 e. The van der Waals surface area contributed by atoms with Crippen molar-refractivity contribution in [2.75, 3.05) is 5.32 Å². The molecular formula is C32H31N3OS. The molecule has 5 heteroatoms. The molecule has 0 aliphatic heterocycles. The van der Waals surface area contributed by atoms with Crippen LogP contribution in [0.15, 0.2) is 72.8 Å². The molecule has 0 unspecified atom stereocenters. The van der Waals surface area contributed by atoms with Gasteiger partial charge < -0.3 is 0 Å². The summed E-state index contributed by atoms with van der Waals surface area (Å²) in [6.07, 6.45) is 0. The number of rotatable bonds is 4. The quantitative estimate of drug-likeness (QED) is 0.266. The third-order valence-corrected chi connectivity index (χ3v) is 7.56. The van der Waals surface area contributed by atoms with E-state index in [4.69, 9.17) is 9.97 Å². The zero-order valence-electron chi connectivity index (χ0n) is 22.1. The lowest BCUT2D eigenvalue weighted by molar-refractivity contribution is 0.102. The molecule has 1 amide bonds. The Labute approximate surface area is 222 Å². The molecule has 186 valence electrons. The van der Waals surface area contributed by atoms with Crippen LogP contribution in [0.2, 0.25) is 0 Å². The summed E-state index contributed by atoms with van der Waals surface area (Å²) in [6.45, 7) is 12.8. The minimum atomic E-state index is -0.188. The van der Waals surface area contributed by atoms with Gasteiger partial charge in [0, 0.05) is 21.4 Å². The molecule has 2 aromatic heterocycles. The van der Waals surface area contributed by atoms with E-state index < -0.39 is 0 Å². The number of pyridine rings is 1. The van der Waals surface area contributed by atoms with Gasteiger partial charge in [0.15, 0.2) is 5.13 Å². The number of anilines is 1. The van der Waals surface area contributed by atoms with Gasteiger partial charge in [-0.2, -0.15) is 0 Å². The van der Waals surface area contributed by atoms with E-state index in [0.29, 0.717) is 10.7 Å². The molecule has 5 rings (SSSR count). The molecule has 0 fully saturated rings. The number of aryl methyl sites for hydroxylation is 3. The Bertz CT molecular complexity index is 1620. The van der Waals surface area contributed by atoms with Gasteiger partial charge in [-0.3, -0.25) is 10.1 Å². The summed E-state index contributed by atoms with van der Waals surface area (Å²) >= 11 is 1.50. The molecule has 5 aromatic rings. The van der Waals surface area contributed by atoms with Crippen molar-refractivity contribution in [1.82, 2.24) is 9.97 Å². The number of hydrogen-bond donors (Lipinski definition) is 1. The smallest absolute Gasteiger partial charge is 0.258 e. The minimum Gasteiger partial charge on any atom is -0.298 e. The molecule has 0 saturated heterocycles. The second-order valence-corrected chi connectivity index (χ2v) is 11.8. The number of benzene rings is 3. The van der Waals surface area contributed by atoms with Crippen molar-refractivity contribution in [2.45, 2.75) is 47.0 Å². The third-order valence-electron chi connectivity index (χ3n) is 6.67. The first-order valence-electron chi connectivity index (χ1n) is 12.5. The molecule has 0 spiro atoms. The number of nitrogens with zero attached hydrogens (tertiary/aromatic N) is 2. The van der Waals surface area contributed by atoms with Gasteiger partial charge in [-0.15, -0.1) is 11.3 Å². The van der Waals surface area contributed by atoms with E-state index in [2.05, 4.69) is 82.4 Å². The molecular weight excluding hydrogens is 474 g/mol. The first-order chi connectivity index (χ1) is 17.6. The first-order valence-corrected chi connectivity index (χ1v) is 13.3. The van der Waals surface area contributed by atoms with Crippen molar-refractivity contribution in [3.05, 3.63) is 99.9 Å². The summed E-state index contributed by atoms with van der Waals surface area (Å²) in [5.41, 5.74) is 8.83. The Balaban J connectivity index is 1.51. The molecule has 0 saturated carbocycles. The number of nitrogens with one attached hydrogen (secondary N) is 1. The van der Waals surface area contributed by atoms with Crippen LogP contribution in [0.1, 0.15) is 52.7 Å². The number of hydrogen-bond acceptors (Lipinski definition) is 4. The summed E-state index contributed by atoms with van der Waals surface area (Å²) in [7, 11) is 0. The average molecular weight is 506 g/mol. The Morgan fingerprint density at radius 1 is 0.865 bits per heavy atom. The van der Waals surface area contributed by atoms with Crippen molar-refractivity contribution in [3.63, 3.8) is 0 Å². The Kier molecular flexibility index (Phi) is 6.42. The van der Waals surface area contributed by atoms with Crippen LogP contribution < -0.4 is 5.32 Å². The molecule has 0 bridgehead atoms. The van der Waals surface area contributed by atoms with Gasteiger partial charge in [-0.25, -0.2) is 9.97 Å². The number of carbonyl (C=O) groups is 1. The van der Waals surface area contributed by atoms with Crippen molar-refractivity contribution >= 4 is 33.3 Å². The highest BCUT2D eigenvalue weighted by molar-refractivity contribution is 7.16. The SMILES string of the molecule is Cc1ccc(C)c(-c2nc(NC(=O)c3cc(-c4ccc(C(C)(C)C)cc4)nc4ccccc34)sc2C)c1. The largest absolute Gasteiger partial charge is 0.298 e. The van der Waals surface area contributed by atoms with Gasteiger partial charge in [0.05, 0.1) is 22.5 Å². The second kappa shape index (κ2) is 9.56. The second-order valence-electron chi connectivity index (χ2n) is 10.6. The number of amides is 1. The summed E-state index contributed by atoms with van der Waals surface area (Å²) < 4.78 is 0. The third kappa shape index (κ3) is 5.05. The van der Waals surface area contributed by atoms with Gasteiger partial charge in [0.25, 0.3) is 5.91 Å². The summed E-state index contributed by atoms with van der Waals surface area (Å²) in [5, 5.41) is 4.47. The summed E-state index contributed by atoms with van der Waals surface area (Å²) in [6, 6.07) is 24.5. The number of aromatic nitrogens is 2. The Morgan fingerprint density at radius 3 is 2.32 bits per heavy atom. The molecule has 0 aliphatic rings. The highest BCUT2D eigenvalue weighted by atomic mass is 32.1. The monoisotopic (exact) mass is 505 g/mol. The lowest BCUT2D eigenvalue weighted by Crippen LogP contribution is -2.13. The summed E-state index contributed by atoms with van der Waals surface area (Å²) in [4.78, 5) is 24.4. The average Bonchev–Trinajstić information content (AvgIpc) is 3.23. The highest BCUT2D eigenvalue weighted by Crippen LogP contribution is 2.34. The highest BCUT2D eigenvalue weighted by Gasteiger charge is 2.19. The fourth-order valence-electron chi connectivity index (χ4n) is 4.51. The minimum absolute atomic E-state index is 0.0715. The van der Waals surface area contributed by atoms with Gasteiger partial charge in [-0.05, 0) is 55.5 Å². The van der Waals surface area contributed by atoms with Gasteiger partial charge >= 0.3 is 0 Å². The van der Waals surface area contributed by atoms with Crippen molar-refractivity contribution < 1.29 is 4.79 Å². The van der Waals surface area contributed by atoms with E-state index in [0.717, 1.165) is 38.3 Å². The lowest BCUT2D eigenvalue weighted by atomic mass is 9.86. The maximum absolute atomic E-state index is 13.6. The predicted molar refractivity (Wildman–Crippen MR) is 156 cm³/mol. The van der Waals surface area contributed by atoms with E-state index in [1.807, 2.05) is 37.3 Å². The van der Waals surface area contributed by atoms with E-state index in [9.17, 15) is 4.79 Å². The fraction of sp³-hybridized carbons (Fsp3) is 0.219. The summed E-state index contributed by atoms with van der Waals surface area (Å²) in [5.74, 6) is -0.188. The molecule has 1 N–H and O–H groups in total. The molecule has 4 nitrogen and oxygen atoms in total. The van der Waals surface area contributed by atoms with Crippen LogP contribution in [-0.2, 0) is 5.41 Å². The van der Waals surface area contributed by atoms with Crippen molar-refractivity contribution in [3.8, 4) is 22.5 Å².